The Bertz CT molecular complexity index is 430. The van der Waals surface area contributed by atoms with E-state index in [4.69, 9.17) is 5.73 Å². The summed E-state index contributed by atoms with van der Waals surface area (Å²) in [6.45, 7) is 2.11. The standard InChI is InChI=1S/C15H21NO/c1-11(16)15(7-8-15)13-4-2-3-12(9-13)10-14(17)5-6-14/h2-4,9,11,17H,5-8,10,16H2,1H3. The monoisotopic (exact) mass is 231 g/mol. The van der Waals surface area contributed by atoms with Crippen molar-refractivity contribution in [3.63, 3.8) is 0 Å². The van der Waals surface area contributed by atoms with Crippen LogP contribution in [-0.4, -0.2) is 16.7 Å². The molecule has 0 aromatic heterocycles. The second kappa shape index (κ2) is 3.56. The third-order valence-electron chi connectivity index (χ3n) is 4.52. The molecule has 2 aliphatic rings. The van der Waals surface area contributed by atoms with Gasteiger partial charge in [-0.2, -0.15) is 0 Å². The lowest BCUT2D eigenvalue weighted by Crippen LogP contribution is -2.31. The van der Waals surface area contributed by atoms with Gasteiger partial charge in [0.1, 0.15) is 0 Å². The summed E-state index contributed by atoms with van der Waals surface area (Å²) in [6.07, 6.45) is 5.12. The molecule has 0 spiro atoms. The third kappa shape index (κ3) is 2.00. The summed E-state index contributed by atoms with van der Waals surface area (Å²) in [5, 5.41) is 9.98. The fourth-order valence-corrected chi connectivity index (χ4v) is 2.83. The van der Waals surface area contributed by atoms with Crippen LogP contribution in [0.4, 0.5) is 0 Å². The van der Waals surface area contributed by atoms with Gasteiger partial charge in [-0.05, 0) is 43.7 Å². The molecule has 0 aliphatic heterocycles. The Morgan fingerprint density at radius 2 is 2.00 bits per heavy atom. The zero-order valence-corrected chi connectivity index (χ0v) is 10.4. The number of aliphatic hydroxyl groups is 1. The Morgan fingerprint density at radius 1 is 1.29 bits per heavy atom. The molecule has 2 nitrogen and oxygen atoms in total. The Hall–Kier alpha value is -0.860. The fourth-order valence-electron chi connectivity index (χ4n) is 2.83. The molecule has 0 radical (unpaired) electrons. The second-order valence-electron chi connectivity index (χ2n) is 6.05. The van der Waals surface area contributed by atoms with E-state index < -0.39 is 5.60 Å². The molecule has 1 atom stereocenters. The van der Waals surface area contributed by atoms with E-state index in [9.17, 15) is 5.11 Å². The highest BCUT2D eigenvalue weighted by atomic mass is 16.3. The van der Waals surface area contributed by atoms with Crippen molar-refractivity contribution in [3.05, 3.63) is 35.4 Å². The number of nitrogens with two attached hydrogens (primary N) is 1. The summed E-state index contributed by atoms with van der Waals surface area (Å²) in [5.74, 6) is 0. The van der Waals surface area contributed by atoms with Crippen molar-refractivity contribution in [1.29, 1.82) is 0 Å². The summed E-state index contributed by atoms with van der Waals surface area (Å²) in [4.78, 5) is 0. The molecule has 92 valence electrons. The minimum atomic E-state index is -0.399. The molecule has 3 N–H and O–H groups in total. The van der Waals surface area contributed by atoms with Gasteiger partial charge in [0.25, 0.3) is 0 Å². The van der Waals surface area contributed by atoms with Crippen molar-refractivity contribution in [2.24, 2.45) is 5.73 Å². The molecule has 0 bridgehead atoms. The average molecular weight is 231 g/mol. The Labute approximate surface area is 103 Å². The van der Waals surface area contributed by atoms with Crippen molar-refractivity contribution in [3.8, 4) is 0 Å². The van der Waals surface area contributed by atoms with Crippen LogP contribution in [0.25, 0.3) is 0 Å². The Balaban J connectivity index is 1.84. The van der Waals surface area contributed by atoms with Gasteiger partial charge in [0.05, 0.1) is 5.60 Å². The molecule has 1 unspecified atom stereocenters. The first-order valence-electron chi connectivity index (χ1n) is 6.62. The van der Waals surface area contributed by atoms with Crippen LogP contribution < -0.4 is 5.73 Å². The quantitative estimate of drug-likeness (QED) is 0.834. The third-order valence-corrected chi connectivity index (χ3v) is 4.52. The minimum absolute atomic E-state index is 0.224. The van der Waals surface area contributed by atoms with E-state index in [1.54, 1.807) is 0 Å². The van der Waals surface area contributed by atoms with Crippen LogP contribution in [0.3, 0.4) is 0 Å². The van der Waals surface area contributed by atoms with Crippen LogP contribution in [0.15, 0.2) is 24.3 Å². The van der Waals surface area contributed by atoms with Gasteiger partial charge in [-0.1, -0.05) is 24.3 Å². The van der Waals surface area contributed by atoms with Gasteiger partial charge in [0.2, 0.25) is 0 Å². The lowest BCUT2D eigenvalue weighted by atomic mass is 9.88. The topological polar surface area (TPSA) is 46.2 Å². The lowest BCUT2D eigenvalue weighted by Gasteiger charge is -2.21. The van der Waals surface area contributed by atoms with E-state index in [-0.39, 0.29) is 11.5 Å². The fraction of sp³-hybridized carbons (Fsp3) is 0.600. The molecule has 2 heteroatoms. The van der Waals surface area contributed by atoms with Gasteiger partial charge < -0.3 is 10.8 Å². The van der Waals surface area contributed by atoms with Gasteiger partial charge in [0.15, 0.2) is 0 Å². The zero-order valence-electron chi connectivity index (χ0n) is 10.4. The SMILES string of the molecule is CC(N)C1(c2cccc(CC3(O)CC3)c2)CC1. The van der Waals surface area contributed by atoms with Crippen LogP contribution in [0.2, 0.25) is 0 Å². The van der Waals surface area contributed by atoms with Gasteiger partial charge in [-0.15, -0.1) is 0 Å². The van der Waals surface area contributed by atoms with E-state index >= 15 is 0 Å². The maximum Gasteiger partial charge on any atom is 0.0690 e. The summed E-state index contributed by atoms with van der Waals surface area (Å²) >= 11 is 0. The molecular weight excluding hydrogens is 210 g/mol. The highest BCUT2D eigenvalue weighted by Crippen LogP contribution is 2.50. The summed E-state index contributed by atoms with van der Waals surface area (Å²) in [7, 11) is 0. The molecule has 17 heavy (non-hydrogen) atoms. The van der Waals surface area contributed by atoms with Crippen molar-refractivity contribution < 1.29 is 5.11 Å². The van der Waals surface area contributed by atoms with Gasteiger partial charge >= 0.3 is 0 Å². The van der Waals surface area contributed by atoms with Crippen LogP contribution >= 0.6 is 0 Å². The molecule has 0 saturated heterocycles. The predicted octanol–water partition coefficient (Wildman–Crippen LogP) is 2.13. The largest absolute Gasteiger partial charge is 0.390 e. The van der Waals surface area contributed by atoms with Crippen molar-refractivity contribution in [1.82, 2.24) is 0 Å². The lowest BCUT2D eigenvalue weighted by molar-refractivity contribution is 0.151. The Morgan fingerprint density at radius 3 is 2.53 bits per heavy atom. The normalized spacial score (nSPS) is 25.4. The van der Waals surface area contributed by atoms with Gasteiger partial charge in [-0.3, -0.25) is 0 Å². The predicted molar refractivity (Wildman–Crippen MR) is 68.9 cm³/mol. The first-order chi connectivity index (χ1) is 8.04. The maximum atomic E-state index is 9.98. The maximum absolute atomic E-state index is 9.98. The highest BCUT2D eigenvalue weighted by Gasteiger charge is 2.47. The number of hydrogen-bond donors (Lipinski definition) is 2. The molecular formula is C15H21NO. The van der Waals surface area contributed by atoms with Crippen molar-refractivity contribution in [2.45, 2.75) is 56.1 Å². The van der Waals surface area contributed by atoms with Crippen LogP contribution in [0.1, 0.15) is 43.7 Å². The highest BCUT2D eigenvalue weighted by molar-refractivity contribution is 5.37. The molecule has 3 rings (SSSR count). The molecule has 2 aliphatic carbocycles. The minimum Gasteiger partial charge on any atom is -0.390 e. The van der Waals surface area contributed by atoms with Gasteiger partial charge in [0, 0.05) is 17.9 Å². The summed E-state index contributed by atoms with van der Waals surface area (Å²) in [5.41, 5.74) is 8.56. The van der Waals surface area contributed by atoms with Crippen LogP contribution in [0.5, 0.6) is 0 Å². The molecule has 1 aromatic rings. The number of benzene rings is 1. The second-order valence-corrected chi connectivity index (χ2v) is 6.05. The van der Waals surface area contributed by atoms with E-state index in [1.807, 2.05) is 0 Å². The zero-order chi connectivity index (χ0) is 12.1. The number of rotatable bonds is 4. The number of hydrogen-bond acceptors (Lipinski definition) is 2. The van der Waals surface area contributed by atoms with E-state index in [0.717, 1.165) is 19.3 Å². The van der Waals surface area contributed by atoms with Crippen LogP contribution in [-0.2, 0) is 11.8 Å². The van der Waals surface area contributed by atoms with Crippen LogP contribution in [0, 0.1) is 0 Å². The molecule has 0 heterocycles. The smallest absolute Gasteiger partial charge is 0.0690 e. The van der Waals surface area contributed by atoms with E-state index in [1.165, 1.54) is 24.0 Å². The first kappa shape index (κ1) is 11.2. The van der Waals surface area contributed by atoms with Crippen molar-refractivity contribution in [2.75, 3.05) is 0 Å². The summed E-state index contributed by atoms with van der Waals surface area (Å²) in [6, 6.07) is 8.90. The molecule has 1 aromatic carbocycles. The summed E-state index contributed by atoms with van der Waals surface area (Å²) < 4.78 is 0. The molecule has 0 amide bonds. The van der Waals surface area contributed by atoms with Gasteiger partial charge in [-0.25, -0.2) is 0 Å². The van der Waals surface area contributed by atoms with Crippen molar-refractivity contribution >= 4 is 0 Å². The first-order valence-corrected chi connectivity index (χ1v) is 6.62. The average Bonchev–Trinajstić information content (AvgIpc) is 3.15. The molecule has 2 saturated carbocycles. The van der Waals surface area contributed by atoms with E-state index in [0.29, 0.717) is 0 Å². The van der Waals surface area contributed by atoms with E-state index in [2.05, 4.69) is 31.2 Å². The Kier molecular flexibility index (Phi) is 2.36. The molecule has 2 fully saturated rings.